The van der Waals surface area contributed by atoms with E-state index in [1.54, 1.807) is 16.7 Å². The lowest BCUT2D eigenvalue weighted by Gasteiger charge is -2.26. The molecule has 7 heteroatoms. The molecular formula is C12H13F3N2OS. The Bertz CT molecular complexity index is 484. The highest BCUT2D eigenvalue weighted by Gasteiger charge is 2.34. The van der Waals surface area contributed by atoms with Crippen LogP contribution < -0.4 is 5.73 Å². The number of thioether (sulfide) groups is 1. The van der Waals surface area contributed by atoms with Crippen LogP contribution in [0.1, 0.15) is 15.9 Å². The topological polar surface area (TPSA) is 46.3 Å². The van der Waals surface area contributed by atoms with Crippen LogP contribution in [0.15, 0.2) is 18.2 Å². The maximum Gasteiger partial charge on any atom is 0.418 e. The predicted molar refractivity (Wildman–Crippen MR) is 69.1 cm³/mol. The summed E-state index contributed by atoms with van der Waals surface area (Å²) in [6.45, 7) is 1.13. The number of nitrogens with two attached hydrogens (primary N) is 1. The molecule has 104 valence electrons. The molecule has 1 heterocycles. The third-order valence-corrected chi connectivity index (χ3v) is 3.85. The summed E-state index contributed by atoms with van der Waals surface area (Å²) in [5.41, 5.74) is 4.02. The van der Waals surface area contributed by atoms with Crippen molar-refractivity contribution in [1.29, 1.82) is 0 Å². The first-order valence-electron chi connectivity index (χ1n) is 5.73. The van der Waals surface area contributed by atoms with Crippen molar-refractivity contribution in [2.45, 2.75) is 6.18 Å². The van der Waals surface area contributed by atoms with Crippen molar-refractivity contribution < 1.29 is 18.0 Å². The standard InChI is InChI=1S/C12H13F3N2OS/c13-12(14,15)9-7-8(1-2-10(9)16)11(18)17-3-5-19-6-4-17/h1-2,7H,3-6,16H2. The molecule has 0 bridgehead atoms. The molecule has 1 aromatic rings. The SMILES string of the molecule is Nc1ccc(C(=O)N2CCSCC2)cc1C(F)(F)F. The Kier molecular flexibility index (Phi) is 3.93. The van der Waals surface area contributed by atoms with E-state index in [1.807, 2.05) is 0 Å². The molecule has 0 aromatic heterocycles. The highest BCUT2D eigenvalue weighted by molar-refractivity contribution is 7.99. The van der Waals surface area contributed by atoms with Gasteiger partial charge in [0.15, 0.2) is 0 Å². The average Bonchev–Trinajstić information content (AvgIpc) is 2.38. The van der Waals surface area contributed by atoms with Gasteiger partial charge in [0, 0.05) is 35.8 Å². The Morgan fingerprint density at radius 3 is 2.47 bits per heavy atom. The summed E-state index contributed by atoms with van der Waals surface area (Å²) < 4.78 is 38.2. The van der Waals surface area contributed by atoms with Gasteiger partial charge in [0.25, 0.3) is 5.91 Å². The van der Waals surface area contributed by atoms with Crippen molar-refractivity contribution in [3.8, 4) is 0 Å². The minimum atomic E-state index is -4.54. The summed E-state index contributed by atoms with van der Waals surface area (Å²) in [4.78, 5) is 13.7. The lowest BCUT2D eigenvalue weighted by molar-refractivity contribution is -0.136. The second-order valence-corrected chi connectivity index (χ2v) is 5.43. The second kappa shape index (κ2) is 5.32. The van der Waals surface area contributed by atoms with Crippen LogP contribution in [0.3, 0.4) is 0 Å². The van der Waals surface area contributed by atoms with Gasteiger partial charge in [-0.1, -0.05) is 0 Å². The van der Waals surface area contributed by atoms with Gasteiger partial charge in [0.1, 0.15) is 0 Å². The van der Waals surface area contributed by atoms with Crippen LogP contribution in [0.2, 0.25) is 0 Å². The number of alkyl halides is 3. The van der Waals surface area contributed by atoms with Crippen molar-refractivity contribution >= 4 is 23.4 Å². The monoisotopic (exact) mass is 290 g/mol. The van der Waals surface area contributed by atoms with Crippen LogP contribution in [0, 0.1) is 0 Å². The normalized spacial score (nSPS) is 16.5. The summed E-state index contributed by atoms with van der Waals surface area (Å²) in [5.74, 6) is 1.26. The van der Waals surface area contributed by atoms with E-state index in [0.29, 0.717) is 13.1 Å². The summed E-state index contributed by atoms with van der Waals surface area (Å²) in [6.07, 6.45) is -4.54. The molecule has 0 spiro atoms. The molecule has 2 rings (SSSR count). The number of nitrogens with zero attached hydrogens (tertiary/aromatic N) is 1. The van der Waals surface area contributed by atoms with Crippen LogP contribution in [0.5, 0.6) is 0 Å². The zero-order chi connectivity index (χ0) is 14.0. The van der Waals surface area contributed by atoms with Crippen molar-refractivity contribution in [2.24, 2.45) is 0 Å². The molecule has 0 radical (unpaired) electrons. The first-order chi connectivity index (χ1) is 8.89. The van der Waals surface area contributed by atoms with Crippen molar-refractivity contribution in [3.05, 3.63) is 29.3 Å². The van der Waals surface area contributed by atoms with E-state index < -0.39 is 11.7 Å². The Labute approximate surface area is 112 Å². The molecular weight excluding hydrogens is 277 g/mol. The van der Waals surface area contributed by atoms with Gasteiger partial charge in [0.2, 0.25) is 0 Å². The van der Waals surface area contributed by atoms with Gasteiger partial charge in [-0.3, -0.25) is 4.79 Å². The van der Waals surface area contributed by atoms with Crippen LogP contribution in [0.25, 0.3) is 0 Å². The van der Waals surface area contributed by atoms with E-state index >= 15 is 0 Å². The Hall–Kier alpha value is -1.37. The van der Waals surface area contributed by atoms with Crippen LogP contribution in [-0.2, 0) is 6.18 Å². The number of rotatable bonds is 1. The van der Waals surface area contributed by atoms with E-state index in [0.717, 1.165) is 23.6 Å². The number of amides is 1. The smallest absolute Gasteiger partial charge is 0.398 e. The highest BCUT2D eigenvalue weighted by atomic mass is 32.2. The molecule has 0 unspecified atom stereocenters. The van der Waals surface area contributed by atoms with Gasteiger partial charge < -0.3 is 10.6 Å². The Balaban J connectivity index is 2.27. The zero-order valence-corrected chi connectivity index (χ0v) is 10.9. The molecule has 2 N–H and O–H groups in total. The first kappa shape index (κ1) is 14.0. The highest BCUT2D eigenvalue weighted by Crippen LogP contribution is 2.34. The fourth-order valence-corrected chi connectivity index (χ4v) is 2.79. The minimum absolute atomic E-state index is 0.0356. The summed E-state index contributed by atoms with van der Waals surface area (Å²) in [7, 11) is 0. The predicted octanol–water partition coefficient (Wildman–Crippen LogP) is 2.48. The summed E-state index contributed by atoms with van der Waals surface area (Å²) in [5, 5.41) is 0. The number of hydrogen-bond donors (Lipinski definition) is 1. The van der Waals surface area contributed by atoms with E-state index in [2.05, 4.69) is 0 Å². The number of benzene rings is 1. The average molecular weight is 290 g/mol. The molecule has 1 fully saturated rings. The van der Waals surface area contributed by atoms with Crippen molar-refractivity contribution in [3.63, 3.8) is 0 Å². The van der Waals surface area contributed by atoms with Crippen molar-refractivity contribution in [2.75, 3.05) is 30.3 Å². The number of carbonyl (C=O) groups excluding carboxylic acids is 1. The molecule has 1 aromatic carbocycles. The largest absolute Gasteiger partial charge is 0.418 e. The van der Waals surface area contributed by atoms with Crippen LogP contribution in [-0.4, -0.2) is 35.4 Å². The number of nitrogen functional groups attached to an aromatic ring is 1. The molecule has 19 heavy (non-hydrogen) atoms. The molecule has 1 saturated heterocycles. The summed E-state index contributed by atoms with van der Waals surface area (Å²) in [6, 6.07) is 3.31. The lowest BCUT2D eigenvalue weighted by Crippen LogP contribution is -2.38. The maximum absolute atomic E-state index is 12.7. The number of carbonyl (C=O) groups is 1. The third kappa shape index (κ3) is 3.15. The zero-order valence-electron chi connectivity index (χ0n) is 10.0. The van der Waals surface area contributed by atoms with Gasteiger partial charge >= 0.3 is 6.18 Å². The van der Waals surface area contributed by atoms with E-state index in [1.165, 1.54) is 6.07 Å². The van der Waals surface area contributed by atoms with E-state index in [4.69, 9.17) is 5.73 Å². The maximum atomic E-state index is 12.7. The fraction of sp³-hybridized carbons (Fsp3) is 0.417. The van der Waals surface area contributed by atoms with E-state index in [-0.39, 0.29) is 17.2 Å². The van der Waals surface area contributed by atoms with Gasteiger partial charge in [-0.25, -0.2) is 0 Å². The second-order valence-electron chi connectivity index (χ2n) is 4.20. The first-order valence-corrected chi connectivity index (χ1v) is 6.89. The van der Waals surface area contributed by atoms with Crippen LogP contribution in [0.4, 0.5) is 18.9 Å². The molecule has 0 aliphatic carbocycles. The molecule has 1 amide bonds. The molecule has 3 nitrogen and oxygen atoms in total. The van der Waals surface area contributed by atoms with Gasteiger partial charge in [-0.05, 0) is 18.2 Å². The fourth-order valence-electron chi connectivity index (χ4n) is 1.88. The molecule has 1 aliphatic rings. The van der Waals surface area contributed by atoms with Gasteiger partial charge in [-0.2, -0.15) is 24.9 Å². The van der Waals surface area contributed by atoms with Gasteiger partial charge in [0.05, 0.1) is 5.56 Å². The molecule has 0 saturated carbocycles. The number of halogens is 3. The summed E-state index contributed by atoms with van der Waals surface area (Å²) >= 11 is 1.73. The van der Waals surface area contributed by atoms with Crippen LogP contribution >= 0.6 is 11.8 Å². The Morgan fingerprint density at radius 2 is 1.89 bits per heavy atom. The molecule has 1 aliphatic heterocycles. The minimum Gasteiger partial charge on any atom is -0.398 e. The lowest BCUT2D eigenvalue weighted by atomic mass is 10.1. The molecule has 0 atom stereocenters. The van der Waals surface area contributed by atoms with E-state index in [9.17, 15) is 18.0 Å². The quantitative estimate of drug-likeness (QED) is 0.808. The number of anilines is 1. The number of hydrogen-bond acceptors (Lipinski definition) is 3. The Morgan fingerprint density at radius 1 is 1.26 bits per heavy atom. The third-order valence-electron chi connectivity index (χ3n) is 2.90. The van der Waals surface area contributed by atoms with Crippen molar-refractivity contribution in [1.82, 2.24) is 4.90 Å². The van der Waals surface area contributed by atoms with Gasteiger partial charge in [-0.15, -0.1) is 0 Å².